The Hall–Kier alpha value is -2.86. The normalized spacial score (nSPS) is 12.6. The maximum absolute atomic E-state index is 13.9. The molecular weight excluding hydrogens is 506 g/mol. The number of hydrogen-bond donors (Lipinski definition) is 1. The fourth-order valence-electron chi connectivity index (χ4n) is 2.87. The van der Waals surface area contributed by atoms with Gasteiger partial charge in [-0.15, -0.1) is 0 Å². The van der Waals surface area contributed by atoms with Gasteiger partial charge in [-0.2, -0.15) is 26.3 Å². The lowest BCUT2D eigenvalue weighted by molar-refractivity contribution is -0.142. The van der Waals surface area contributed by atoms with Gasteiger partial charge >= 0.3 is 12.4 Å². The van der Waals surface area contributed by atoms with Gasteiger partial charge in [0.15, 0.2) is 11.6 Å². The minimum atomic E-state index is -5.34. The molecule has 176 valence electrons. The maximum atomic E-state index is 13.9. The highest BCUT2D eigenvalue weighted by molar-refractivity contribution is 7.92. The largest absolute Gasteiger partial charge is 0.417 e. The summed E-state index contributed by atoms with van der Waals surface area (Å²) >= 11 is 5.33. The molecule has 0 saturated heterocycles. The highest BCUT2D eigenvalue weighted by Gasteiger charge is 2.41. The third kappa shape index (κ3) is 5.22. The molecule has 0 radical (unpaired) electrons. The second-order valence-electron chi connectivity index (χ2n) is 6.61. The SMILES string of the molecule is O=S(=O)(Nc1cc(F)c(F)cc1-c1cc(C(F)(F)F)c(Cl)c(C(F)(F)F)c1)c1ccccc1. The van der Waals surface area contributed by atoms with Gasteiger partial charge in [-0.1, -0.05) is 29.8 Å². The van der Waals surface area contributed by atoms with Crippen molar-refractivity contribution in [2.45, 2.75) is 17.2 Å². The van der Waals surface area contributed by atoms with E-state index in [4.69, 9.17) is 11.6 Å². The van der Waals surface area contributed by atoms with E-state index in [1.54, 1.807) is 0 Å². The number of alkyl halides is 6. The number of anilines is 1. The van der Waals surface area contributed by atoms with Crippen LogP contribution in [0, 0.1) is 11.6 Å². The molecule has 3 aromatic rings. The summed E-state index contributed by atoms with van der Waals surface area (Å²) < 4.78 is 135. The zero-order valence-electron chi connectivity index (χ0n) is 15.8. The van der Waals surface area contributed by atoms with Crippen LogP contribution in [-0.4, -0.2) is 8.42 Å². The van der Waals surface area contributed by atoms with Crippen LogP contribution in [0.1, 0.15) is 11.1 Å². The molecule has 0 saturated carbocycles. The molecule has 0 atom stereocenters. The molecule has 0 aromatic heterocycles. The summed E-state index contributed by atoms with van der Waals surface area (Å²) in [5.74, 6) is -3.23. The van der Waals surface area contributed by atoms with Gasteiger partial charge in [0.1, 0.15) is 0 Å². The summed E-state index contributed by atoms with van der Waals surface area (Å²) in [6, 6.07) is 7.38. The van der Waals surface area contributed by atoms with Gasteiger partial charge in [0.25, 0.3) is 10.0 Å². The summed E-state index contributed by atoms with van der Waals surface area (Å²) in [6.07, 6.45) is -10.7. The first-order valence-electron chi connectivity index (χ1n) is 8.66. The van der Waals surface area contributed by atoms with E-state index in [2.05, 4.69) is 0 Å². The van der Waals surface area contributed by atoms with Crippen LogP contribution < -0.4 is 4.72 Å². The Morgan fingerprint density at radius 2 is 1.24 bits per heavy atom. The van der Waals surface area contributed by atoms with Gasteiger partial charge < -0.3 is 0 Å². The number of sulfonamides is 1. The average Bonchev–Trinajstić information content (AvgIpc) is 2.69. The number of halogens is 9. The fraction of sp³-hybridized carbons (Fsp3) is 0.100. The summed E-state index contributed by atoms with van der Waals surface area (Å²) in [6.45, 7) is 0. The highest BCUT2D eigenvalue weighted by Crippen LogP contribution is 2.45. The van der Waals surface area contributed by atoms with E-state index in [0.717, 1.165) is 12.1 Å². The molecule has 3 aromatic carbocycles. The van der Waals surface area contributed by atoms with Crippen LogP contribution in [0.5, 0.6) is 0 Å². The van der Waals surface area contributed by atoms with Crippen molar-refractivity contribution < 1.29 is 43.5 Å². The molecule has 13 heteroatoms. The quantitative estimate of drug-likeness (QED) is 0.376. The molecule has 0 aliphatic rings. The van der Waals surface area contributed by atoms with E-state index in [1.807, 2.05) is 4.72 Å². The highest BCUT2D eigenvalue weighted by atomic mass is 35.5. The standard InChI is InChI=1S/C20H10ClF8NO2S/c21-18-13(19(24,25)26)6-10(7-14(18)20(27,28)29)12-8-15(22)16(23)9-17(12)30-33(31,32)11-4-2-1-3-5-11/h1-9,30H. The van der Waals surface area contributed by atoms with Gasteiger partial charge in [0, 0.05) is 11.6 Å². The fourth-order valence-corrected chi connectivity index (χ4v) is 4.28. The molecule has 0 heterocycles. The predicted molar refractivity (Wildman–Crippen MR) is 104 cm³/mol. The van der Waals surface area contributed by atoms with Gasteiger partial charge in [-0.3, -0.25) is 4.72 Å². The Labute approximate surface area is 186 Å². The van der Waals surface area contributed by atoms with Gasteiger partial charge in [0.05, 0.1) is 26.7 Å². The molecule has 33 heavy (non-hydrogen) atoms. The third-order valence-electron chi connectivity index (χ3n) is 4.35. The van der Waals surface area contributed by atoms with Crippen LogP contribution in [0.2, 0.25) is 5.02 Å². The topological polar surface area (TPSA) is 46.2 Å². The number of hydrogen-bond acceptors (Lipinski definition) is 2. The Morgan fingerprint density at radius 3 is 1.73 bits per heavy atom. The van der Waals surface area contributed by atoms with E-state index < -0.39 is 67.0 Å². The van der Waals surface area contributed by atoms with Crippen molar-refractivity contribution in [1.82, 2.24) is 0 Å². The minimum absolute atomic E-state index is 0.185. The predicted octanol–water partition coefficient (Wildman–Crippen LogP) is 7.12. The van der Waals surface area contributed by atoms with Crippen molar-refractivity contribution in [1.29, 1.82) is 0 Å². The summed E-state index contributed by atoms with van der Waals surface area (Å²) in [5, 5.41) is -1.65. The monoisotopic (exact) mass is 515 g/mol. The zero-order chi connectivity index (χ0) is 24.8. The Balaban J connectivity index is 2.29. The van der Waals surface area contributed by atoms with E-state index in [0.29, 0.717) is 6.07 Å². The lowest BCUT2D eigenvalue weighted by Crippen LogP contribution is -2.15. The number of benzene rings is 3. The van der Waals surface area contributed by atoms with E-state index in [-0.39, 0.29) is 23.1 Å². The molecule has 0 unspecified atom stereocenters. The van der Waals surface area contributed by atoms with Crippen molar-refractivity contribution in [3.05, 3.63) is 82.4 Å². The number of rotatable bonds is 4. The molecule has 0 amide bonds. The van der Waals surface area contributed by atoms with Crippen LogP contribution in [-0.2, 0) is 22.4 Å². The van der Waals surface area contributed by atoms with Crippen molar-refractivity contribution in [3.8, 4) is 11.1 Å². The molecule has 0 fully saturated rings. The average molecular weight is 516 g/mol. The van der Waals surface area contributed by atoms with Gasteiger partial charge in [0.2, 0.25) is 0 Å². The smallest absolute Gasteiger partial charge is 0.279 e. The molecule has 3 rings (SSSR count). The first kappa shape index (κ1) is 24.8. The molecule has 3 nitrogen and oxygen atoms in total. The van der Waals surface area contributed by atoms with Crippen molar-refractivity contribution in [2.75, 3.05) is 4.72 Å². The molecule has 1 N–H and O–H groups in total. The Kier molecular flexibility index (Phi) is 6.37. The van der Waals surface area contributed by atoms with E-state index in [9.17, 15) is 43.5 Å². The van der Waals surface area contributed by atoms with Gasteiger partial charge in [-0.25, -0.2) is 17.2 Å². The lowest BCUT2D eigenvalue weighted by Gasteiger charge is -2.19. The molecule has 0 spiro atoms. The van der Waals surface area contributed by atoms with E-state index in [1.165, 1.54) is 18.2 Å². The Bertz CT molecular complexity index is 1270. The van der Waals surface area contributed by atoms with Crippen LogP contribution in [0.15, 0.2) is 59.5 Å². The first-order valence-corrected chi connectivity index (χ1v) is 10.5. The van der Waals surface area contributed by atoms with Gasteiger partial charge in [-0.05, 0) is 35.9 Å². The van der Waals surface area contributed by atoms with Crippen molar-refractivity contribution >= 4 is 27.3 Å². The Morgan fingerprint density at radius 1 is 0.758 bits per heavy atom. The van der Waals surface area contributed by atoms with Crippen molar-refractivity contribution in [2.24, 2.45) is 0 Å². The van der Waals surface area contributed by atoms with E-state index >= 15 is 0 Å². The van der Waals surface area contributed by atoms with Crippen molar-refractivity contribution in [3.63, 3.8) is 0 Å². The second kappa shape index (κ2) is 8.49. The molecule has 0 aliphatic carbocycles. The maximum Gasteiger partial charge on any atom is 0.417 e. The summed E-state index contributed by atoms with van der Waals surface area (Å²) in [5.41, 5.74) is -6.25. The third-order valence-corrected chi connectivity index (χ3v) is 6.14. The molecule has 0 aliphatic heterocycles. The minimum Gasteiger partial charge on any atom is -0.279 e. The van der Waals surface area contributed by atoms with Crippen LogP contribution in [0.4, 0.5) is 40.8 Å². The first-order chi connectivity index (χ1) is 15.1. The molecular formula is C20H10ClF8NO2S. The summed E-state index contributed by atoms with van der Waals surface area (Å²) in [7, 11) is -4.47. The zero-order valence-corrected chi connectivity index (χ0v) is 17.4. The lowest BCUT2D eigenvalue weighted by atomic mass is 9.97. The second-order valence-corrected chi connectivity index (χ2v) is 8.67. The van der Waals surface area contributed by atoms with Crippen LogP contribution >= 0.6 is 11.6 Å². The molecule has 0 bridgehead atoms. The van der Waals surface area contributed by atoms with Crippen LogP contribution in [0.3, 0.4) is 0 Å². The summed E-state index contributed by atoms with van der Waals surface area (Å²) in [4.78, 5) is -0.344. The number of nitrogens with one attached hydrogen (secondary N) is 1. The van der Waals surface area contributed by atoms with Crippen LogP contribution in [0.25, 0.3) is 11.1 Å².